The van der Waals surface area contributed by atoms with Gasteiger partial charge in [-0.1, -0.05) is 13.8 Å². The van der Waals surface area contributed by atoms with Gasteiger partial charge in [0.25, 0.3) is 5.91 Å². The Bertz CT molecular complexity index is 1280. The summed E-state index contributed by atoms with van der Waals surface area (Å²) in [5, 5.41) is 5.27. The lowest BCUT2D eigenvalue weighted by Gasteiger charge is -2.14. The van der Waals surface area contributed by atoms with Gasteiger partial charge in [-0.3, -0.25) is 4.79 Å². The van der Waals surface area contributed by atoms with Gasteiger partial charge >= 0.3 is 0 Å². The summed E-state index contributed by atoms with van der Waals surface area (Å²) in [4.78, 5) is 17.1. The van der Waals surface area contributed by atoms with Crippen molar-refractivity contribution in [2.24, 2.45) is 0 Å². The zero-order valence-electron chi connectivity index (χ0n) is 18.5. The molecule has 1 aromatic carbocycles. The van der Waals surface area contributed by atoms with Crippen molar-refractivity contribution in [2.75, 3.05) is 19.5 Å². The minimum atomic E-state index is -3.80. The quantitative estimate of drug-likeness (QED) is 0.558. The Hall–Kier alpha value is -3.05. The van der Waals surface area contributed by atoms with Crippen molar-refractivity contribution in [1.82, 2.24) is 19.5 Å². The summed E-state index contributed by atoms with van der Waals surface area (Å²) in [7, 11) is -3.80. The molecule has 1 fully saturated rings. The highest BCUT2D eigenvalue weighted by molar-refractivity contribution is 7.89. The summed E-state index contributed by atoms with van der Waals surface area (Å²) in [5.74, 6) is -0.955. The zero-order valence-corrected chi connectivity index (χ0v) is 19.4. The summed E-state index contributed by atoms with van der Waals surface area (Å²) < 4.78 is 51.9. The molecule has 0 radical (unpaired) electrons. The SMILES string of the molecule is CC(C)c1nn(-c2ccc(F)cc2)c2nc(C(=O)NS(C)(=O)=O)cc(OCC3CCCO3)c12. The van der Waals surface area contributed by atoms with Gasteiger partial charge in [0.15, 0.2) is 5.65 Å². The second kappa shape index (κ2) is 9.06. The van der Waals surface area contributed by atoms with Crippen LogP contribution in [0.15, 0.2) is 30.3 Å². The second-order valence-electron chi connectivity index (χ2n) is 8.28. The Morgan fingerprint density at radius 2 is 2.06 bits per heavy atom. The number of ether oxygens (including phenoxy) is 2. The fourth-order valence-corrected chi connectivity index (χ4v) is 4.13. The Labute approximate surface area is 191 Å². The van der Waals surface area contributed by atoms with Crippen LogP contribution in [-0.4, -0.2) is 54.7 Å². The Morgan fingerprint density at radius 1 is 1.33 bits per heavy atom. The molecular formula is C22H25FN4O5S. The van der Waals surface area contributed by atoms with Gasteiger partial charge in [0.1, 0.15) is 23.9 Å². The van der Waals surface area contributed by atoms with Crippen LogP contribution in [0, 0.1) is 5.82 Å². The fraction of sp³-hybridized carbons (Fsp3) is 0.409. The Kier molecular flexibility index (Phi) is 6.35. The van der Waals surface area contributed by atoms with E-state index in [4.69, 9.17) is 9.47 Å². The Morgan fingerprint density at radius 3 is 2.67 bits per heavy atom. The van der Waals surface area contributed by atoms with Crippen molar-refractivity contribution in [3.63, 3.8) is 0 Å². The van der Waals surface area contributed by atoms with E-state index in [0.717, 1.165) is 19.1 Å². The van der Waals surface area contributed by atoms with Crippen LogP contribution in [0.4, 0.5) is 4.39 Å². The van der Waals surface area contributed by atoms with Crippen molar-refractivity contribution in [3.05, 3.63) is 47.5 Å². The summed E-state index contributed by atoms with van der Waals surface area (Å²) in [5.41, 5.74) is 1.37. The topological polar surface area (TPSA) is 112 Å². The van der Waals surface area contributed by atoms with Crippen molar-refractivity contribution in [3.8, 4) is 11.4 Å². The number of carbonyl (C=O) groups is 1. The van der Waals surface area contributed by atoms with Crippen molar-refractivity contribution in [1.29, 1.82) is 0 Å². The van der Waals surface area contributed by atoms with E-state index in [1.54, 1.807) is 12.1 Å². The molecular weight excluding hydrogens is 451 g/mol. The first-order valence-electron chi connectivity index (χ1n) is 10.6. The van der Waals surface area contributed by atoms with Gasteiger partial charge in [0.2, 0.25) is 10.0 Å². The van der Waals surface area contributed by atoms with Crippen LogP contribution in [0.2, 0.25) is 0 Å². The molecule has 1 aliphatic heterocycles. The number of nitrogens with one attached hydrogen (secondary N) is 1. The standard InChI is InChI=1S/C22H25FN4O5S/c1-13(2)20-19-18(32-12-16-5-4-10-31-16)11-17(22(28)26-33(3,29)30)24-21(19)27(25-20)15-8-6-14(23)7-9-15/h6-9,11,13,16H,4-5,10,12H2,1-3H3,(H,26,28). The molecule has 3 aromatic rings. The molecule has 1 unspecified atom stereocenters. The predicted molar refractivity (Wildman–Crippen MR) is 120 cm³/mol. The molecule has 4 rings (SSSR count). The van der Waals surface area contributed by atoms with Gasteiger partial charge in [0.05, 0.1) is 29.1 Å². The number of hydrogen-bond acceptors (Lipinski definition) is 7. The van der Waals surface area contributed by atoms with Crippen molar-refractivity contribution < 1.29 is 27.1 Å². The molecule has 1 atom stereocenters. The number of hydrogen-bond donors (Lipinski definition) is 1. The van der Waals surface area contributed by atoms with E-state index in [0.29, 0.717) is 34.8 Å². The maximum absolute atomic E-state index is 13.5. The van der Waals surface area contributed by atoms with E-state index in [-0.39, 0.29) is 24.3 Å². The van der Waals surface area contributed by atoms with E-state index in [1.165, 1.54) is 22.9 Å². The lowest BCUT2D eigenvalue weighted by molar-refractivity contribution is 0.0684. The number of fused-ring (bicyclic) bond motifs is 1. The van der Waals surface area contributed by atoms with Crippen LogP contribution >= 0.6 is 0 Å². The average Bonchev–Trinajstić information content (AvgIpc) is 3.39. The number of amides is 1. The molecule has 33 heavy (non-hydrogen) atoms. The number of halogens is 1. The molecule has 0 saturated carbocycles. The summed E-state index contributed by atoms with van der Waals surface area (Å²) in [6.07, 6.45) is 2.62. The third-order valence-corrected chi connectivity index (χ3v) is 5.76. The summed E-state index contributed by atoms with van der Waals surface area (Å²) >= 11 is 0. The molecule has 11 heteroatoms. The van der Waals surface area contributed by atoms with Crippen LogP contribution in [0.1, 0.15) is 48.8 Å². The van der Waals surface area contributed by atoms with Crippen molar-refractivity contribution >= 4 is 27.0 Å². The van der Waals surface area contributed by atoms with Crippen LogP contribution in [-0.2, 0) is 14.8 Å². The third kappa shape index (κ3) is 5.14. The number of rotatable bonds is 7. The van der Waals surface area contributed by atoms with Crippen LogP contribution < -0.4 is 9.46 Å². The average molecular weight is 477 g/mol. The first-order valence-corrected chi connectivity index (χ1v) is 12.5. The molecule has 3 heterocycles. The van der Waals surface area contributed by atoms with Gasteiger partial charge in [-0.25, -0.2) is 27.2 Å². The maximum atomic E-state index is 13.5. The molecule has 0 aliphatic carbocycles. The molecule has 0 spiro atoms. The number of pyridine rings is 1. The van der Waals surface area contributed by atoms with E-state index in [1.807, 2.05) is 18.6 Å². The van der Waals surface area contributed by atoms with Gasteiger partial charge in [0, 0.05) is 12.7 Å². The maximum Gasteiger partial charge on any atom is 0.283 e. The lowest BCUT2D eigenvalue weighted by atomic mass is 10.1. The normalized spacial score (nSPS) is 16.5. The van der Waals surface area contributed by atoms with Crippen LogP contribution in [0.3, 0.4) is 0 Å². The fourth-order valence-electron chi connectivity index (χ4n) is 3.68. The highest BCUT2D eigenvalue weighted by atomic mass is 32.2. The third-order valence-electron chi connectivity index (χ3n) is 5.21. The van der Waals surface area contributed by atoms with Gasteiger partial charge in [-0.05, 0) is 43.0 Å². The second-order valence-corrected chi connectivity index (χ2v) is 10.0. The first-order chi connectivity index (χ1) is 15.6. The van der Waals surface area contributed by atoms with E-state index in [9.17, 15) is 17.6 Å². The highest BCUT2D eigenvalue weighted by Crippen LogP contribution is 2.34. The molecule has 1 aliphatic rings. The van der Waals surface area contributed by atoms with Crippen LogP contribution in [0.25, 0.3) is 16.7 Å². The van der Waals surface area contributed by atoms with Crippen LogP contribution in [0.5, 0.6) is 5.75 Å². The molecule has 9 nitrogen and oxygen atoms in total. The summed E-state index contributed by atoms with van der Waals surface area (Å²) in [6, 6.07) is 7.10. The number of carbonyl (C=O) groups excluding carboxylic acids is 1. The Balaban J connectivity index is 1.89. The number of sulfonamides is 1. The molecule has 1 amide bonds. The molecule has 1 saturated heterocycles. The lowest BCUT2D eigenvalue weighted by Crippen LogP contribution is -2.30. The first kappa shape index (κ1) is 23.1. The van der Waals surface area contributed by atoms with Gasteiger partial charge < -0.3 is 9.47 Å². The highest BCUT2D eigenvalue weighted by Gasteiger charge is 2.25. The zero-order chi connectivity index (χ0) is 23.8. The summed E-state index contributed by atoms with van der Waals surface area (Å²) in [6.45, 7) is 4.86. The molecule has 1 N–H and O–H groups in total. The van der Waals surface area contributed by atoms with E-state index >= 15 is 0 Å². The van der Waals surface area contributed by atoms with E-state index < -0.39 is 21.7 Å². The monoisotopic (exact) mass is 476 g/mol. The van der Waals surface area contributed by atoms with Crippen molar-refractivity contribution in [2.45, 2.75) is 38.7 Å². The minimum absolute atomic E-state index is 0.0169. The molecule has 0 bridgehead atoms. The van der Waals surface area contributed by atoms with Gasteiger partial charge in [-0.2, -0.15) is 5.10 Å². The smallest absolute Gasteiger partial charge is 0.283 e. The number of aromatic nitrogens is 3. The largest absolute Gasteiger partial charge is 0.490 e. The molecule has 176 valence electrons. The minimum Gasteiger partial charge on any atom is -0.490 e. The van der Waals surface area contributed by atoms with Gasteiger partial charge in [-0.15, -0.1) is 0 Å². The number of nitrogens with zero attached hydrogens (tertiary/aromatic N) is 3. The predicted octanol–water partition coefficient (Wildman–Crippen LogP) is 2.93. The van der Waals surface area contributed by atoms with E-state index in [2.05, 4.69) is 10.1 Å². The number of benzene rings is 1. The molecule has 2 aromatic heterocycles.